The van der Waals surface area contributed by atoms with Crippen LogP contribution in [-0.2, 0) is 14.2 Å². The van der Waals surface area contributed by atoms with Crippen molar-refractivity contribution < 1.29 is 35.0 Å². The number of carbonyl (C=O) groups excluding carboxylic acids is 1. The third-order valence-corrected chi connectivity index (χ3v) is 3.71. The monoisotopic (exact) mass is 239 g/mol. The molecule has 0 bridgehead atoms. The molecule has 88 valence electrons. The molecule has 1 unspecified atom stereocenters. The zero-order valence-electron chi connectivity index (χ0n) is 8.09. The van der Waals surface area contributed by atoms with Crippen LogP contribution in [0.3, 0.4) is 0 Å². The molecule has 0 aliphatic rings. The van der Waals surface area contributed by atoms with Gasteiger partial charge in [0.25, 0.3) is 0 Å². The molecule has 0 aromatic carbocycles. The van der Waals surface area contributed by atoms with Crippen LogP contribution in [0.4, 0.5) is 0 Å². The molecular weight excluding hydrogens is 225 g/mol. The molecule has 0 spiro atoms. The van der Waals surface area contributed by atoms with E-state index in [2.05, 4.69) is 5.73 Å². The number of carbonyl (C=O) groups is 2. The second kappa shape index (κ2) is 5.85. The molecule has 0 heterocycles. The van der Waals surface area contributed by atoms with Crippen LogP contribution in [0.25, 0.3) is 0 Å². The summed E-state index contributed by atoms with van der Waals surface area (Å²) >= 11 is 0. The van der Waals surface area contributed by atoms with Crippen LogP contribution in [-0.4, -0.2) is 40.3 Å². The Bertz CT molecular complexity index is 291. The molecule has 0 aromatic heterocycles. The molecule has 0 saturated heterocycles. The lowest BCUT2D eigenvalue weighted by Crippen LogP contribution is -2.68. The lowest BCUT2D eigenvalue weighted by atomic mass is 10.2. The maximum absolute atomic E-state index is 11.3. The summed E-state index contributed by atoms with van der Waals surface area (Å²) in [6.45, 7) is 0. The number of quaternary nitrogens is 1. The molecule has 0 aliphatic carbocycles. The Morgan fingerprint density at radius 1 is 1.40 bits per heavy atom. The summed E-state index contributed by atoms with van der Waals surface area (Å²) in [5, 5.41) is 18.5. The van der Waals surface area contributed by atoms with Gasteiger partial charge in [0.05, 0.1) is 12.4 Å². The van der Waals surface area contributed by atoms with Crippen LogP contribution in [0, 0.1) is 0 Å². The minimum absolute atomic E-state index is 0.0876. The van der Waals surface area contributed by atoms with Crippen LogP contribution < -0.4 is 10.8 Å². The third kappa shape index (κ3) is 7.07. The molecule has 2 atom stereocenters. The number of hydrogen-bond donors (Lipinski definition) is 3. The third-order valence-electron chi connectivity index (χ3n) is 1.84. The minimum atomic E-state index is -3.55. The van der Waals surface area contributed by atoms with Crippen molar-refractivity contribution in [3.8, 4) is 0 Å². The van der Waals surface area contributed by atoms with Crippen LogP contribution >= 0.6 is 7.37 Å². The van der Waals surface area contributed by atoms with E-state index in [1.165, 1.54) is 0 Å². The number of hydrogen-bond acceptors (Lipinski definition) is 4. The quantitative estimate of drug-likeness (QED) is 0.418. The number of carboxylic acid groups (broad SMARTS) is 2. The van der Waals surface area contributed by atoms with E-state index in [1.54, 1.807) is 0 Å². The minimum Gasteiger partial charge on any atom is -0.544 e. The van der Waals surface area contributed by atoms with Gasteiger partial charge in [-0.05, 0) is 0 Å². The molecule has 0 rings (SSSR count). The highest BCUT2D eigenvalue weighted by atomic mass is 31.2. The van der Waals surface area contributed by atoms with Crippen molar-refractivity contribution in [1.82, 2.24) is 0 Å². The van der Waals surface area contributed by atoms with E-state index in [1.807, 2.05) is 0 Å². The van der Waals surface area contributed by atoms with Gasteiger partial charge in [0.1, 0.15) is 6.04 Å². The first kappa shape index (κ1) is 14.1. The van der Waals surface area contributed by atoms with Crippen LogP contribution in [0.2, 0.25) is 0 Å². The Balaban J connectivity index is 3.99. The summed E-state index contributed by atoms with van der Waals surface area (Å²) in [6, 6.07) is -1.05. The Morgan fingerprint density at radius 3 is 2.33 bits per heavy atom. The van der Waals surface area contributed by atoms with Crippen LogP contribution in [0.15, 0.2) is 0 Å². The summed E-state index contributed by atoms with van der Waals surface area (Å²) in [6.07, 6.45) is -1.08. The molecule has 8 heteroatoms. The molecule has 0 amide bonds. The Hall–Kier alpha value is -0.910. The molecule has 0 aliphatic heterocycles. The van der Waals surface area contributed by atoms with E-state index in [0.29, 0.717) is 0 Å². The topological polar surface area (TPSA) is 142 Å². The molecule has 0 aromatic rings. The van der Waals surface area contributed by atoms with E-state index in [0.717, 1.165) is 0 Å². The molecule has 0 saturated carbocycles. The van der Waals surface area contributed by atoms with E-state index in [-0.39, 0.29) is 18.7 Å². The van der Waals surface area contributed by atoms with Gasteiger partial charge < -0.3 is 25.6 Å². The maximum Gasteiger partial charge on any atom is 0.303 e. The van der Waals surface area contributed by atoms with Crippen molar-refractivity contribution >= 4 is 19.3 Å². The van der Waals surface area contributed by atoms with Crippen molar-refractivity contribution in [2.45, 2.75) is 18.9 Å². The summed E-state index contributed by atoms with van der Waals surface area (Å²) in [5.41, 5.74) is 3.23. The van der Waals surface area contributed by atoms with Crippen LogP contribution in [0.1, 0.15) is 12.8 Å². The van der Waals surface area contributed by atoms with Crippen molar-refractivity contribution in [3.63, 3.8) is 0 Å². The fourth-order valence-corrected chi connectivity index (χ4v) is 2.34. The van der Waals surface area contributed by atoms with Gasteiger partial charge in [0.15, 0.2) is 0 Å². The molecule has 15 heavy (non-hydrogen) atoms. The largest absolute Gasteiger partial charge is 0.544 e. The highest BCUT2D eigenvalue weighted by Gasteiger charge is 2.21. The first-order valence-electron chi connectivity index (χ1n) is 4.31. The zero-order chi connectivity index (χ0) is 12.1. The van der Waals surface area contributed by atoms with Crippen molar-refractivity contribution in [3.05, 3.63) is 0 Å². The standard InChI is InChI=1S/C7H14NO6P/c8-5(7(11)12)1-3-15(13,14)4-2-6(9)10/h5H,1-4,8H2,(H,9,10)(H,11,12)(H,13,14)/t5-/m1/s1. The highest BCUT2D eigenvalue weighted by molar-refractivity contribution is 7.58. The lowest BCUT2D eigenvalue weighted by molar-refractivity contribution is -0.437. The predicted molar refractivity (Wildman–Crippen MR) is 48.1 cm³/mol. The Kier molecular flexibility index (Phi) is 5.49. The first-order valence-corrected chi connectivity index (χ1v) is 6.34. The SMILES string of the molecule is [NH3+][C@H](CCP(=O)(O)CCC(=O)O)C(=O)[O-]. The van der Waals surface area contributed by atoms with E-state index in [4.69, 9.17) is 5.11 Å². The molecular formula is C7H14NO6P. The molecule has 5 N–H and O–H groups in total. The van der Waals surface area contributed by atoms with Gasteiger partial charge >= 0.3 is 5.97 Å². The maximum atomic E-state index is 11.3. The van der Waals surface area contributed by atoms with Gasteiger partial charge in [-0.15, -0.1) is 0 Å². The second-order valence-corrected chi connectivity index (χ2v) is 5.83. The van der Waals surface area contributed by atoms with E-state index in [9.17, 15) is 24.2 Å². The zero-order valence-corrected chi connectivity index (χ0v) is 8.98. The van der Waals surface area contributed by atoms with Gasteiger partial charge in [-0.1, -0.05) is 0 Å². The Labute approximate surface area is 86.4 Å². The molecule has 7 nitrogen and oxygen atoms in total. The first-order chi connectivity index (χ1) is 6.74. The fourth-order valence-electron chi connectivity index (χ4n) is 0.858. The highest BCUT2D eigenvalue weighted by Crippen LogP contribution is 2.41. The molecule has 0 fully saturated rings. The van der Waals surface area contributed by atoms with E-state index < -0.39 is 31.8 Å². The van der Waals surface area contributed by atoms with E-state index >= 15 is 0 Å². The van der Waals surface area contributed by atoms with Gasteiger partial charge in [0.2, 0.25) is 7.37 Å². The predicted octanol–water partition coefficient (Wildman–Crippen LogP) is -2.52. The normalized spacial score (nSPS) is 16.7. The van der Waals surface area contributed by atoms with Crippen LogP contribution in [0.5, 0.6) is 0 Å². The van der Waals surface area contributed by atoms with Crippen molar-refractivity contribution in [1.29, 1.82) is 0 Å². The Morgan fingerprint density at radius 2 is 1.93 bits per heavy atom. The summed E-state index contributed by atoms with van der Waals surface area (Å²) in [4.78, 5) is 29.6. The second-order valence-electron chi connectivity index (χ2n) is 3.24. The van der Waals surface area contributed by atoms with Gasteiger partial charge in [-0.2, -0.15) is 0 Å². The lowest BCUT2D eigenvalue weighted by Gasteiger charge is -2.13. The fraction of sp³-hybridized carbons (Fsp3) is 0.714. The summed E-state index contributed by atoms with van der Waals surface area (Å²) < 4.78 is 11.3. The number of aliphatic carboxylic acids is 2. The number of rotatable bonds is 7. The van der Waals surface area contributed by atoms with Gasteiger partial charge in [0, 0.05) is 18.7 Å². The van der Waals surface area contributed by atoms with Crippen molar-refractivity contribution in [2.24, 2.45) is 0 Å². The van der Waals surface area contributed by atoms with Gasteiger partial charge in [-0.3, -0.25) is 9.36 Å². The smallest absolute Gasteiger partial charge is 0.303 e. The average Bonchev–Trinajstić information content (AvgIpc) is 2.11. The van der Waals surface area contributed by atoms with Gasteiger partial charge in [-0.25, -0.2) is 0 Å². The number of carboxylic acids is 2. The van der Waals surface area contributed by atoms with Crippen molar-refractivity contribution in [2.75, 3.05) is 12.3 Å². The summed E-state index contributed by atoms with van der Waals surface area (Å²) in [7, 11) is -3.55. The summed E-state index contributed by atoms with van der Waals surface area (Å²) in [5.74, 6) is -2.54. The molecule has 0 radical (unpaired) electrons. The average molecular weight is 239 g/mol.